The number of amides is 2. The van der Waals surface area contributed by atoms with E-state index in [9.17, 15) is 18.0 Å². The molecule has 2 amide bonds. The predicted octanol–water partition coefficient (Wildman–Crippen LogP) is 3.48. The van der Waals surface area contributed by atoms with E-state index in [4.69, 9.17) is 0 Å². The second-order valence-corrected chi connectivity index (χ2v) is 11.8. The van der Waals surface area contributed by atoms with Gasteiger partial charge in [-0.05, 0) is 30.7 Å². The van der Waals surface area contributed by atoms with Crippen LogP contribution >= 0.6 is 23.1 Å². The normalized spacial score (nSPS) is 14.3. The highest BCUT2D eigenvalue weighted by molar-refractivity contribution is 8.01. The van der Waals surface area contributed by atoms with Crippen molar-refractivity contribution in [2.24, 2.45) is 5.92 Å². The van der Waals surface area contributed by atoms with E-state index < -0.39 is 16.1 Å². The van der Waals surface area contributed by atoms with Gasteiger partial charge in [0.15, 0.2) is 16.1 Å². The Morgan fingerprint density at radius 3 is 2.74 bits per heavy atom. The third-order valence-corrected chi connectivity index (χ3v) is 7.92. The summed E-state index contributed by atoms with van der Waals surface area (Å²) in [6.45, 7) is -0.0374. The molecule has 1 aliphatic rings. The number of H-pyrrole nitrogens is 1. The van der Waals surface area contributed by atoms with Crippen LogP contribution in [0, 0.1) is 5.92 Å². The maximum Gasteiger partial charge on any atom is 0.325 e. The number of thiazole rings is 1. The molecule has 180 valence electrons. The van der Waals surface area contributed by atoms with Crippen molar-refractivity contribution in [3.8, 4) is 0 Å². The zero-order chi connectivity index (χ0) is 24.1. The molecule has 0 aliphatic heterocycles. The van der Waals surface area contributed by atoms with E-state index in [-0.39, 0.29) is 23.4 Å². The Bertz CT molecular complexity index is 1270. The number of carbonyl (C=O) groups excluding carboxylic acids is 2. The lowest BCUT2D eigenvalue weighted by atomic mass is 9.96. The molecule has 1 aliphatic carbocycles. The van der Waals surface area contributed by atoms with E-state index in [2.05, 4.69) is 35.3 Å². The first-order valence-electron chi connectivity index (χ1n) is 10.5. The number of imidazole rings is 1. The molecule has 3 heterocycles. The van der Waals surface area contributed by atoms with Gasteiger partial charge in [0.25, 0.3) is 0 Å². The SMILES string of the molecule is CS(=O)(=O)NCc1nc(NC(=O)Nc2cnccc2C(=O)C2CCCC2)sc1Sc1ncc[nH]1. The summed E-state index contributed by atoms with van der Waals surface area (Å²) in [5.74, 6) is -0.0215. The number of hydrogen-bond acceptors (Lipinski definition) is 9. The molecule has 0 atom stereocenters. The van der Waals surface area contributed by atoms with Crippen molar-refractivity contribution in [1.29, 1.82) is 0 Å². The van der Waals surface area contributed by atoms with Gasteiger partial charge in [-0.2, -0.15) is 0 Å². The minimum atomic E-state index is -3.43. The average Bonchev–Trinajstić information content (AvgIpc) is 3.55. The van der Waals surface area contributed by atoms with Gasteiger partial charge in [0.1, 0.15) is 0 Å². The fraction of sp³-hybridized carbons (Fsp3) is 0.350. The van der Waals surface area contributed by atoms with Crippen LogP contribution in [0.3, 0.4) is 0 Å². The van der Waals surface area contributed by atoms with E-state index in [1.54, 1.807) is 18.5 Å². The second kappa shape index (κ2) is 10.6. The molecule has 3 aromatic rings. The third-order valence-electron chi connectivity index (χ3n) is 5.11. The lowest BCUT2D eigenvalue weighted by Crippen LogP contribution is -2.23. The van der Waals surface area contributed by atoms with Crippen LogP contribution in [0.2, 0.25) is 0 Å². The molecule has 0 saturated heterocycles. The Kier molecular flexibility index (Phi) is 7.60. The Balaban J connectivity index is 1.48. The van der Waals surface area contributed by atoms with E-state index >= 15 is 0 Å². The number of pyridine rings is 1. The molecular formula is C20H23N7O4S3. The summed E-state index contributed by atoms with van der Waals surface area (Å²) in [5.41, 5.74) is 1.21. The van der Waals surface area contributed by atoms with Crippen molar-refractivity contribution in [2.45, 2.75) is 41.6 Å². The Morgan fingerprint density at radius 2 is 2.03 bits per heavy atom. The standard InChI is InChI=1S/C20H23N7O4S3/c1-34(30,31)24-11-15-17(32-19-22-8-9-23-19)33-20(26-15)27-18(29)25-14-10-21-7-6-13(14)16(28)12-4-2-3-5-12/h6-10,12,24H,2-5,11H2,1H3,(H,22,23)(H2,25,26,27,29). The van der Waals surface area contributed by atoms with Crippen molar-refractivity contribution < 1.29 is 18.0 Å². The van der Waals surface area contributed by atoms with Crippen molar-refractivity contribution in [2.75, 3.05) is 16.9 Å². The zero-order valence-electron chi connectivity index (χ0n) is 18.2. The fourth-order valence-electron chi connectivity index (χ4n) is 3.54. The predicted molar refractivity (Wildman–Crippen MR) is 130 cm³/mol. The number of sulfonamides is 1. The molecular weight excluding hydrogens is 498 g/mol. The van der Waals surface area contributed by atoms with Crippen molar-refractivity contribution >= 4 is 55.8 Å². The van der Waals surface area contributed by atoms with E-state index in [1.165, 1.54) is 35.5 Å². The van der Waals surface area contributed by atoms with Crippen molar-refractivity contribution in [3.63, 3.8) is 0 Å². The smallest absolute Gasteiger partial charge is 0.325 e. The minimum absolute atomic E-state index is 0.00992. The maximum absolute atomic E-state index is 12.9. The molecule has 34 heavy (non-hydrogen) atoms. The molecule has 0 radical (unpaired) electrons. The number of anilines is 2. The van der Waals surface area contributed by atoms with Gasteiger partial charge < -0.3 is 10.3 Å². The first kappa shape index (κ1) is 24.3. The third kappa shape index (κ3) is 6.40. The number of aromatic nitrogens is 4. The molecule has 1 fully saturated rings. The molecule has 0 aromatic carbocycles. The fourth-order valence-corrected chi connectivity index (χ4v) is 5.95. The largest absolute Gasteiger partial charge is 0.339 e. The first-order valence-corrected chi connectivity index (χ1v) is 14.0. The summed E-state index contributed by atoms with van der Waals surface area (Å²) >= 11 is 2.45. The molecule has 4 rings (SSSR count). The van der Waals surface area contributed by atoms with E-state index in [1.807, 2.05) is 0 Å². The topological polar surface area (TPSA) is 159 Å². The number of Topliss-reactive ketones (excluding diaryl/α,β-unsaturated/α-hetero) is 1. The summed E-state index contributed by atoms with van der Waals surface area (Å²) in [6.07, 6.45) is 11.1. The van der Waals surface area contributed by atoms with Crippen LogP contribution in [0.1, 0.15) is 41.7 Å². The highest BCUT2D eigenvalue weighted by atomic mass is 32.2. The molecule has 0 unspecified atom stereocenters. The van der Waals surface area contributed by atoms with Gasteiger partial charge in [-0.3, -0.25) is 15.1 Å². The van der Waals surface area contributed by atoms with Crippen LogP contribution in [0.5, 0.6) is 0 Å². The van der Waals surface area contributed by atoms with E-state index in [0.29, 0.717) is 26.3 Å². The highest BCUT2D eigenvalue weighted by Crippen LogP contribution is 2.36. The van der Waals surface area contributed by atoms with Crippen molar-refractivity contribution in [3.05, 3.63) is 42.1 Å². The molecule has 0 bridgehead atoms. The van der Waals surface area contributed by atoms with Crippen LogP contribution in [-0.4, -0.2) is 46.4 Å². The molecule has 14 heteroatoms. The Labute approximate surface area is 204 Å². The molecule has 0 spiro atoms. The monoisotopic (exact) mass is 521 g/mol. The highest BCUT2D eigenvalue weighted by Gasteiger charge is 2.26. The van der Waals surface area contributed by atoms with Crippen LogP contribution < -0.4 is 15.4 Å². The lowest BCUT2D eigenvalue weighted by molar-refractivity contribution is 0.0923. The zero-order valence-corrected chi connectivity index (χ0v) is 20.6. The van der Waals surface area contributed by atoms with Gasteiger partial charge in [-0.25, -0.2) is 27.9 Å². The number of ketones is 1. The Hall–Kier alpha value is -2.81. The summed E-state index contributed by atoms with van der Waals surface area (Å²) in [6, 6.07) is 1.03. The van der Waals surface area contributed by atoms with Crippen LogP contribution in [0.15, 0.2) is 40.2 Å². The number of hydrogen-bond donors (Lipinski definition) is 4. The summed E-state index contributed by atoms with van der Waals surface area (Å²) in [5, 5.41) is 6.22. The Morgan fingerprint density at radius 1 is 1.24 bits per heavy atom. The van der Waals surface area contributed by atoms with Gasteiger partial charge in [0.2, 0.25) is 10.0 Å². The molecule has 4 N–H and O–H groups in total. The molecule has 3 aromatic heterocycles. The van der Waals surface area contributed by atoms with Gasteiger partial charge in [0, 0.05) is 30.1 Å². The summed E-state index contributed by atoms with van der Waals surface area (Å²) in [7, 11) is -3.43. The molecule has 1 saturated carbocycles. The maximum atomic E-state index is 12.9. The number of carbonyl (C=O) groups is 2. The van der Waals surface area contributed by atoms with Crippen molar-refractivity contribution in [1.82, 2.24) is 24.7 Å². The minimum Gasteiger partial charge on any atom is -0.339 e. The van der Waals surface area contributed by atoms with Gasteiger partial charge in [-0.1, -0.05) is 24.2 Å². The van der Waals surface area contributed by atoms with Crippen LogP contribution in [0.4, 0.5) is 15.6 Å². The quantitative estimate of drug-likeness (QED) is 0.312. The molecule has 11 nitrogen and oxygen atoms in total. The van der Waals surface area contributed by atoms with Crippen LogP contribution in [0.25, 0.3) is 0 Å². The number of aromatic amines is 1. The van der Waals surface area contributed by atoms with E-state index in [0.717, 1.165) is 31.9 Å². The average molecular weight is 522 g/mol. The summed E-state index contributed by atoms with van der Waals surface area (Å²) < 4.78 is 26.1. The van der Waals surface area contributed by atoms with Gasteiger partial charge in [-0.15, -0.1) is 0 Å². The summed E-state index contributed by atoms with van der Waals surface area (Å²) in [4.78, 5) is 41.1. The second-order valence-electron chi connectivity index (χ2n) is 7.69. The number of nitrogens with one attached hydrogen (secondary N) is 4. The number of rotatable bonds is 9. The van der Waals surface area contributed by atoms with Gasteiger partial charge >= 0.3 is 6.03 Å². The lowest BCUT2D eigenvalue weighted by Gasteiger charge is -2.13. The first-order chi connectivity index (χ1) is 16.3. The number of nitrogens with zero attached hydrogens (tertiary/aromatic N) is 3. The number of urea groups is 1. The van der Waals surface area contributed by atoms with Crippen LogP contribution in [-0.2, 0) is 16.6 Å². The van der Waals surface area contributed by atoms with Gasteiger partial charge in [0.05, 0.1) is 34.6 Å².